The van der Waals surface area contributed by atoms with E-state index in [1.54, 1.807) is 38.1 Å². The van der Waals surface area contributed by atoms with Crippen LogP contribution in [0, 0.1) is 0 Å². The average molecular weight is 340 g/mol. The number of hydrogen-bond acceptors (Lipinski definition) is 4. The summed E-state index contributed by atoms with van der Waals surface area (Å²) in [7, 11) is 3.18. The minimum Gasteiger partial charge on any atom is -0.507 e. The highest BCUT2D eigenvalue weighted by molar-refractivity contribution is 7.97. The van der Waals surface area contributed by atoms with Crippen LogP contribution in [0.5, 0.6) is 17.2 Å². The molecule has 1 N–H and O–H groups in total. The van der Waals surface area contributed by atoms with Crippen LogP contribution in [0.15, 0.2) is 48.5 Å². The van der Waals surface area contributed by atoms with E-state index < -0.39 is 0 Å². The molecule has 0 heterocycles. The SMILES string of the molecule is COc1cc(O)c(-c2c(CSC)ccc3ccccc23)c(OC)c1. The number of methoxy groups -OCH3 is 2. The summed E-state index contributed by atoms with van der Waals surface area (Å²) >= 11 is 1.75. The topological polar surface area (TPSA) is 38.7 Å². The third-order valence-electron chi connectivity index (χ3n) is 4.08. The van der Waals surface area contributed by atoms with Crippen LogP contribution in [0.3, 0.4) is 0 Å². The van der Waals surface area contributed by atoms with Crippen LogP contribution in [-0.4, -0.2) is 25.6 Å². The number of thioether (sulfide) groups is 1. The van der Waals surface area contributed by atoms with Crippen molar-refractivity contribution < 1.29 is 14.6 Å². The van der Waals surface area contributed by atoms with Gasteiger partial charge in [0.15, 0.2) is 0 Å². The van der Waals surface area contributed by atoms with Gasteiger partial charge in [-0.25, -0.2) is 0 Å². The highest BCUT2D eigenvalue weighted by Crippen LogP contribution is 2.45. The van der Waals surface area contributed by atoms with Crippen molar-refractivity contribution in [3.63, 3.8) is 0 Å². The smallest absolute Gasteiger partial charge is 0.134 e. The molecule has 3 rings (SSSR count). The zero-order valence-corrected chi connectivity index (χ0v) is 14.8. The van der Waals surface area contributed by atoms with Crippen molar-refractivity contribution in [1.82, 2.24) is 0 Å². The summed E-state index contributed by atoms with van der Waals surface area (Å²) in [4.78, 5) is 0. The van der Waals surface area contributed by atoms with Crippen molar-refractivity contribution in [1.29, 1.82) is 0 Å². The van der Waals surface area contributed by atoms with Gasteiger partial charge in [0.05, 0.1) is 19.8 Å². The van der Waals surface area contributed by atoms with E-state index in [0.717, 1.165) is 22.1 Å². The molecular weight excluding hydrogens is 320 g/mol. The fourth-order valence-electron chi connectivity index (χ4n) is 2.99. The largest absolute Gasteiger partial charge is 0.507 e. The number of fused-ring (bicyclic) bond motifs is 1. The van der Waals surface area contributed by atoms with E-state index in [0.29, 0.717) is 17.1 Å². The fraction of sp³-hybridized carbons (Fsp3) is 0.200. The Morgan fingerprint density at radius 1 is 0.958 bits per heavy atom. The molecule has 24 heavy (non-hydrogen) atoms. The highest BCUT2D eigenvalue weighted by Gasteiger charge is 2.19. The van der Waals surface area contributed by atoms with Gasteiger partial charge in [0, 0.05) is 23.4 Å². The van der Waals surface area contributed by atoms with Gasteiger partial charge in [-0.15, -0.1) is 0 Å². The van der Waals surface area contributed by atoms with Crippen molar-refractivity contribution in [3.8, 4) is 28.4 Å². The van der Waals surface area contributed by atoms with Crippen molar-refractivity contribution in [2.75, 3.05) is 20.5 Å². The van der Waals surface area contributed by atoms with E-state index in [9.17, 15) is 5.11 Å². The Labute approximate surface area is 146 Å². The van der Waals surface area contributed by atoms with Crippen LogP contribution in [0.2, 0.25) is 0 Å². The summed E-state index contributed by atoms with van der Waals surface area (Å²) in [6, 6.07) is 15.9. The lowest BCUT2D eigenvalue weighted by Crippen LogP contribution is -1.95. The molecule has 0 aliphatic heterocycles. The van der Waals surface area contributed by atoms with E-state index in [1.165, 1.54) is 5.56 Å². The molecule has 4 heteroatoms. The number of ether oxygens (including phenoxy) is 2. The van der Waals surface area contributed by atoms with Crippen LogP contribution in [0.1, 0.15) is 5.56 Å². The van der Waals surface area contributed by atoms with Crippen molar-refractivity contribution in [3.05, 3.63) is 54.1 Å². The Morgan fingerprint density at radius 2 is 1.75 bits per heavy atom. The average Bonchev–Trinajstić information content (AvgIpc) is 2.61. The summed E-state index contributed by atoms with van der Waals surface area (Å²) in [6.45, 7) is 0. The first-order valence-electron chi connectivity index (χ1n) is 7.64. The molecule has 0 fully saturated rings. The molecule has 124 valence electrons. The lowest BCUT2D eigenvalue weighted by Gasteiger charge is -2.18. The molecule has 0 bridgehead atoms. The Bertz CT molecular complexity index is 874. The highest BCUT2D eigenvalue weighted by atomic mass is 32.2. The van der Waals surface area contributed by atoms with Gasteiger partial charge in [-0.1, -0.05) is 36.4 Å². The minimum absolute atomic E-state index is 0.157. The molecule has 0 amide bonds. The standard InChI is InChI=1S/C20H20O3S/c1-22-15-10-17(21)20(18(11-15)23-2)19-14(12-24-3)9-8-13-6-4-5-7-16(13)19/h4-11,21H,12H2,1-3H3. The lowest BCUT2D eigenvalue weighted by atomic mass is 9.92. The first-order valence-corrected chi connectivity index (χ1v) is 9.04. The van der Waals surface area contributed by atoms with Gasteiger partial charge < -0.3 is 14.6 Å². The molecular formula is C20H20O3S. The Kier molecular flexibility index (Phi) is 4.86. The normalized spacial score (nSPS) is 10.8. The number of phenolic OH excluding ortho intramolecular Hbond substituents is 1. The fourth-order valence-corrected chi connectivity index (χ4v) is 3.55. The van der Waals surface area contributed by atoms with Gasteiger partial charge in [-0.05, 0) is 22.6 Å². The second-order valence-corrected chi connectivity index (χ2v) is 6.34. The number of rotatable bonds is 5. The number of benzene rings is 3. The molecule has 0 unspecified atom stereocenters. The number of hydrogen-bond donors (Lipinski definition) is 1. The zero-order valence-electron chi connectivity index (χ0n) is 14.0. The first-order chi connectivity index (χ1) is 11.7. The maximum Gasteiger partial charge on any atom is 0.134 e. The number of aromatic hydroxyl groups is 1. The van der Waals surface area contributed by atoms with Crippen molar-refractivity contribution in [2.24, 2.45) is 0 Å². The predicted octanol–water partition coefficient (Wildman–Crippen LogP) is 5.09. The van der Waals surface area contributed by atoms with Crippen LogP contribution in [0.4, 0.5) is 0 Å². The molecule has 0 saturated heterocycles. The van der Waals surface area contributed by atoms with E-state index in [-0.39, 0.29) is 5.75 Å². The summed E-state index contributed by atoms with van der Waals surface area (Å²) in [6.07, 6.45) is 2.07. The molecule has 0 aliphatic rings. The molecule has 0 radical (unpaired) electrons. The Hall–Kier alpha value is -2.33. The predicted molar refractivity (Wildman–Crippen MR) is 101 cm³/mol. The zero-order chi connectivity index (χ0) is 17.1. The van der Waals surface area contributed by atoms with Gasteiger partial charge in [0.2, 0.25) is 0 Å². The number of phenols is 1. The second-order valence-electron chi connectivity index (χ2n) is 5.48. The Morgan fingerprint density at radius 3 is 2.46 bits per heavy atom. The summed E-state index contributed by atoms with van der Waals surface area (Å²) in [5.74, 6) is 2.18. The maximum atomic E-state index is 10.7. The molecule has 0 aromatic heterocycles. The van der Waals surface area contributed by atoms with Crippen molar-refractivity contribution in [2.45, 2.75) is 5.75 Å². The van der Waals surface area contributed by atoms with Gasteiger partial charge >= 0.3 is 0 Å². The van der Waals surface area contributed by atoms with Crippen molar-refractivity contribution >= 4 is 22.5 Å². The van der Waals surface area contributed by atoms with Crippen LogP contribution in [0.25, 0.3) is 21.9 Å². The van der Waals surface area contributed by atoms with E-state index in [1.807, 2.05) is 12.1 Å². The molecule has 3 aromatic rings. The second kappa shape index (κ2) is 7.05. The Balaban J connectivity index is 2.38. The first kappa shape index (κ1) is 16.5. The molecule has 3 aromatic carbocycles. The van der Waals surface area contributed by atoms with Crippen LogP contribution >= 0.6 is 11.8 Å². The molecule has 0 spiro atoms. The van der Waals surface area contributed by atoms with Gasteiger partial charge in [0.25, 0.3) is 0 Å². The maximum absolute atomic E-state index is 10.7. The van der Waals surface area contributed by atoms with E-state index in [4.69, 9.17) is 9.47 Å². The summed E-state index contributed by atoms with van der Waals surface area (Å²) in [5, 5.41) is 12.9. The molecule has 0 atom stereocenters. The van der Waals surface area contributed by atoms with Crippen LogP contribution < -0.4 is 9.47 Å². The van der Waals surface area contributed by atoms with E-state index in [2.05, 4.69) is 30.5 Å². The molecule has 3 nitrogen and oxygen atoms in total. The molecule has 0 aliphatic carbocycles. The minimum atomic E-state index is 0.157. The quantitative estimate of drug-likeness (QED) is 0.702. The third kappa shape index (κ3) is 2.89. The summed E-state index contributed by atoms with van der Waals surface area (Å²) in [5.41, 5.74) is 2.89. The van der Waals surface area contributed by atoms with Gasteiger partial charge in [0.1, 0.15) is 17.2 Å². The monoisotopic (exact) mass is 340 g/mol. The summed E-state index contributed by atoms with van der Waals surface area (Å²) < 4.78 is 10.8. The van der Waals surface area contributed by atoms with Gasteiger partial charge in [-0.3, -0.25) is 0 Å². The van der Waals surface area contributed by atoms with Gasteiger partial charge in [-0.2, -0.15) is 11.8 Å². The molecule has 0 saturated carbocycles. The van der Waals surface area contributed by atoms with Crippen LogP contribution in [-0.2, 0) is 5.75 Å². The lowest BCUT2D eigenvalue weighted by molar-refractivity contribution is 0.387. The third-order valence-corrected chi connectivity index (χ3v) is 4.68. The van der Waals surface area contributed by atoms with E-state index >= 15 is 0 Å².